The van der Waals surface area contributed by atoms with Crippen molar-refractivity contribution in [2.75, 3.05) is 12.3 Å². The van der Waals surface area contributed by atoms with E-state index in [4.69, 9.17) is 5.73 Å². The molecule has 0 saturated carbocycles. The summed E-state index contributed by atoms with van der Waals surface area (Å²) in [5, 5.41) is 11.0. The van der Waals surface area contributed by atoms with E-state index in [9.17, 15) is 18.5 Å². The largest absolute Gasteiger partial charge is 0.393 e. The molecule has 0 aliphatic heterocycles. The quantitative estimate of drug-likeness (QED) is 0.492. The molecule has 0 spiro atoms. The Kier molecular flexibility index (Phi) is 5.30. The van der Waals surface area contributed by atoms with Gasteiger partial charge in [0.05, 0.1) is 9.82 Å². The maximum absolute atomic E-state index is 12.7. The second kappa shape index (κ2) is 6.40. The zero-order chi connectivity index (χ0) is 16.4. The van der Waals surface area contributed by atoms with E-state index in [2.05, 4.69) is 0 Å². The molecule has 0 unspecified atom stereocenters. The third kappa shape index (κ3) is 3.51. The number of hydrogen-bond donors (Lipinski definition) is 1. The van der Waals surface area contributed by atoms with Crippen LogP contribution in [0.15, 0.2) is 17.0 Å². The summed E-state index contributed by atoms with van der Waals surface area (Å²) in [5.41, 5.74) is 5.55. The van der Waals surface area contributed by atoms with Gasteiger partial charge in [-0.25, -0.2) is 8.42 Å². The molecule has 1 rings (SSSR count). The van der Waals surface area contributed by atoms with Crippen LogP contribution in [-0.2, 0) is 10.0 Å². The summed E-state index contributed by atoms with van der Waals surface area (Å²) in [6.45, 7) is 7.36. The fourth-order valence-electron chi connectivity index (χ4n) is 2.14. The van der Waals surface area contributed by atoms with Crippen molar-refractivity contribution in [1.82, 2.24) is 4.31 Å². The molecular weight excluding hydrogens is 294 g/mol. The van der Waals surface area contributed by atoms with Crippen LogP contribution in [0.1, 0.15) is 32.8 Å². The SMILES string of the molecule is CCCN(C(C)C)S(=O)(=O)c1cc([N+](=O)[O-])c(N)cc1C. The van der Waals surface area contributed by atoms with Crippen LogP contribution >= 0.6 is 0 Å². The molecule has 8 heteroatoms. The van der Waals surface area contributed by atoms with E-state index in [1.165, 1.54) is 10.4 Å². The van der Waals surface area contributed by atoms with Crippen LogP contribution in [0.3, 0.4) is 0 Å². The summed E-state index contributed by atoms with van der Waals surface area (Å²) in [6.07, 6.45) is 0.660. The first-order chi connectivity index (χ1) is 9.62. The van der Waals surface area contributed by atoms with Gasteiger partial charge >= 0.3 is 0 Å². The van der Waals surface area contributed by atoms with Gasteiger partial charge in [-0.15, -0.1) is 0 Å². The van der Waals surface area contributed by atoms with Crippen LogP contribution in [0.4, 0.5) is 11.4 Å². The Hall–Kier alpha value is -1.67. The van der Waals surface area contributed by atoms with Gasteiger partial charge in [0.25, 0.3) is 5.69 Å². The van der Waals surface area contributed by atoms with Gasteiger partial charge in [-0.2, -0.15) is 4.31 Å². The molecule has 0 fully saturated rings. The van der Waals surface area contributed by atoms with Crippen LogP contribution in [0, 0.1) is 17.0 Å². The molecule has 0 aliphatic carbocycles. The molecule has 0 saturated heterocycles. The molecule has 7 nitrogen and oxygen atoms in total. The second-order valence-electron chi connectivity index (χ2n) is 5.14. The smallest absolute Gasteiger partial charge is 0.293 e. The molecule has 21 heavy (non-hydrogen) atoms. The number of nitro groups is 1. The molecule has 0 radical (unpaired) electrons. The van der Waals surface area contributed by atoms with Crippen molar-refractivity contribution in [3.05, 3.63) is 27.8 Å². The highest BCUT2D eigenvalue weighted by Gasteiger charge is 2.30. The Morgan fingerprint density at radius 2 is 1.95 bits per heavy atom. The van der Waals surface area contributed by atoms with E-state index in [0.29, 0.717) is 18.5 Å². The lowest BCUT2D eigenvalue weighted by Gasteiger charge is -2.26. The van der Waals surface area contributed by atoms with Crippen LogP contribution in [0.25, 0.3) is 0 Å². The van der Waals surface area contributed by atoms with E-state index in [-0.39, 0.29) is 22.3 Å². The monoisotopic (exact) mass is 315 g/mol. The first-order valence-corrected chi connectivity index (χ1v) is 8.13. The number of anilines is 1. The highest BCUT2D eigenvalue weighted by Crippen LogP contribution is 2.30. The molecule has 118 valence electrons. The third-order valence-corrected chi connectivity index (χ3v) is 5.34. The molecule has 0 aliphatic rings. The van der Waals surface area contributed by atoms with E-state index >= 15 is 0 Å². The minimum atomic E-state index is -3.79. The van der Waals surface area contributed by atoms with E-state index in [1.807, 2.05) is 6.92 Å². The van der Waals surface area contributed by atoms with Crippen molar-refractivity contribution in [3.63, 3.8) is 0 Å². The number of nitrogens with two attached hydrogens (primary N) is 1. The molecule has 1 aromatic carbocycles. The first kappa shape index (κ1) is 17.4. The van der Waals surface area contributed by atoms with E-state index < -0.39 is 14.9 Å². The average Bonchev–Trinajstić information content (AvgIpc) is 2.34. The van der Waals surface area contributed by atoms with Gasteiger partial charge in [-0.05, 0) is 38.8 Å². The topological polar surface area (TPSA) is 107 Å². The summed E-state index contributed by atoms with van der Waals surface area (Å²) in [5.74, 6) is 0. The predicted octanol–water partition coefficient (Wildman–Crippen LogP) is 2.29. The number of sulfonamides is 1. The summed E-state index contributed by atoms with van der Waals surface area (Å²) in [6, 6.07) is 2.14. The fourth-order valence-corrected chi connectivity index (χ4v) is 4.10. The minimum Gasteiger partial charge on any atom is -0.393 e. The second-order valence-corrected chi connectivity index (χ2v) is 7.00. The lowest BCUT2D eigenvalue weighted by atomic mass is 10.2. The number of benzene rings is 1. The lowest BCUT2D eigenvalue weighted by molar-refractivity contribution is -0.384. The average molecular weight is 315 g/mol. The molecule has 0 atom stereocenters. The zero-order valence-electron chi connectivity index (χ0n) is 12.7. The Bertz CT molecular complexity index is 641. The van der Waals surface area contributed by atoms with Crippen LogP contribution in [-0.4, -0.2) is 30.2 Å². The number of aryl methyl sites for hydroxylation is 1. The number of nitrogen functional groups attached to an aromatic ring is 1. The Morgan fingerprint density at radius 3 is 2.38 bits per heavy atom. The summed E-state index contributed by atoms with van der Waals surface area (Å²) in [7, 11) is -3.79. The van der Waals surface area contributed by atoms with Gasteiger partial charge < -0.3 is 5.73 Å². The van der Waals surface area contributed by atoms with Gasteiger partial charge in [0.15, 0.2) is 0 Å². The predicted molar refractivity (Wildman–Crippen MR) is 81.6 cm³/mol. The zero-order valence-corrected chi connectivity index (χ0v) is 13.5. The van der Waals surface area contributed by atoms with Gasteiger partial charge in [-0.1, -0.05) is 6.92 Å². The van der Waals surface area contributed by atoms with Crippen molar-refractivity contribution >= 4 is 21.4 Å². The Labute approximate surface area is 124 Å². The van der Waals surface area contributed by atoms with Gasteiger partial charge in [0.1, 0.15) is 5.69 Å². The molecular formula is C13H21N3O4S. The molecule has 0 amide bonds. The minimum absolute atomic E-state index is 0.0389. The van der Waals surface area contributed by atoms with Crippen molar-refractivity contribution < 1.29 is 13.3 Å². The molecule has 0 heterocycles. The van der Waals surface area contributed by atoms with Gasteiger partial charge in [0, 0.05) is 18.7 Å². The highest BCUT2D eigenvalue weighted by atomic mass is 32.2. The van der Waals surface area contributed by atoms with Crippen molar-refractivity contribution in [2.45, 2.75) is 45.1 Å². The summed E-state index contributed by atoms with van der Waals surface area (Å²) < 4.78 is 26.8. The van der Waals surface area contributed by atoms with Gasteiger partial charge in [0.2, 0.25) is 10.0 Å². The number of nitro benzene ring substituents is 1. The van der Waals surface area contributed by atoms with E-state index in [0.717, 1.165) is 6.07 Å². The van der Waals surface area contributed by atoms with Crippen LogP contribution in [0.2, 0.25) is 0 Å². The summed E-state index contributed by atoms with van der Waals surface area (Å²) >= 11 is 0. The maximum atomic E-state index is 12.7. The molecule has 2 N–H and O–H groups in total. The summed E-state index contributed by atoms with van der Waals surface area (Å²) in [4.78, 5) is 10.2. The van der Waals surface area contributed by atoms with Crippen molar-refractivity contribution in [2.24, 2.45) is 0 Å². The first-order valence-electron chi connectivity index (χ1n) is 6.69. The number of hydrogen-bond acceptors (Lipinski definition) is 5. The molecule has 0 bridgehead atoms. The van der Waals surface area contributed by atoms with Crippen molar-refractivity contribution in [1.29, 1.82) is 0 Å². The van der Waals surface area contributed by atoms with Gasteiger partial charge in [-0.3, -0.25) is 10.1 Å². The fraction of sp³-hybridized carbons (Fsp3) is 0.538. The Morgan fingerprint density at radius 1 is 1.38 bits per heavy atom. The lowest BCUT2D eigenvalue weighted by Crippen LogP contribution is -2.37. The van der Waals surface area contributed by atoms with Crippen LogP contribution in [0.5, 0.6) is 0 Å². The van der Waals surface area contributed by atoms with E-state index in [1.54, 1.807) is 20.8 Å². The Balaban J connectivity index is 3.50. The number of rotatable bonds is 6. The van der Waals surface area contributed by atoms with Crippen LogP contribution < -0.4 is 5.73 Å². The normalized spacial score (nSPS) is 12.1. The van der Waals surface area contributed by atoms with Crippen molar-refractivity contribution in [3.8, 4) is 0 Å². The molecule has 0 aromatic heterocycles. The maximum Gasteiger partial charge on any atom is 0.293 e. The third-order valence-electron chi connectivity index (χ3n) is 3.13. The highest BCUT2D eigenvalue weighted by molar-refractivity contribution is 7.89. The standard InChI is InChI=1S/C13H21N3O4S/c1-5-6-15(9(2)3)21(19,20)13-8-12(16(17)18)11(14)7-10(13)4/h7-9H,5-6,14H2,1-4H3. The number of nitrogens with zero attached hydrogens (tertiary/aromatic N) is 2. The molecule has 1 aromatic rings.